The zero-order valence-electron chi connectivity index (χ0n) is 12.5. The molecule has 0 bridgehead atoms. The summed E-state index contributed by atoms with van der Waals surface area (Å²) >= 11 is 0. The first-order valence-electron chi connectivity index (χ1n) is 7.25. The fourth-order valence-electron chi connectivity index (χ4n) is 2.24. The molecule has 1 aromatic heterocycles. The summed E-state index contributed by atoms with van der Waals surface area (Å²) < 4.78 is 5.14. The first-order chi connectivity index (χ1) is 10.7. The summed E-state index contributed by atoms with van der Waals surface area (Å²) in [5, 5.41) is 4.74. The van der Waals surface area contributed by atoms with E-state index in [0.717, 1.165) is 24.3 Å². The number of aromatic nitrogens is 2. The summed E-state index contributed by atoms with van der Waals surface area (Å²) in [5.74, 6) is 7.94. The van der Waals surface area contributed by atoms with Gasteiger partial charge >= 0.3 is 0 Å². The average Bonchev–Trinajstić information content (AvgIpc) is 2.52. The second-order valence-electron chi connectivity index (χ2n) is 5.31. The van der Waals surface area contributed by atoms with E-state index in [1.165, 1.54) is 11.4 Å². The van der Waals surface area contributed by atoms with Gasteiger partial charge in [0.1, 0.15) is 5.75 Å². The van der Waals surface area contributed by atoms with Crippen molar-refractivity contribution < 1.29 is 4.74 Å². The van der Waals surface area contributed by atoms with Gasteiger partial charge in [0.15, 0.2) is 5.82 Å². The SMILES string of the molecule is COc1ccc(N(N)c2nc(NC3CCC3)ncc2N)cc1. The molecule has 0 unspecified atom stereocenters. The van der Waals surface area contributed by atoms with Crippen LogP contribution in [0.2, 0.25) is 0 Å². The number of hydrogen-bond acceptors (Lipinski definition) is 7. The highest BCUT2D eigenvalue weighted by atomic mass is 16.5. The van der Waals surface area contributed by atoms with E-state index in [0.29, 0.717) is 23.5 Å². The van der Waals surface area contributed by atoms with Gasteiger partial charge in [-0.25, -0.2) is 10.8 Å². The average molecular weight is 300 g/mol. The quantitative estimate of drug-likeness (QED) is 0.573. The van der Waals surface area contributed by atoms with Crippen LogP contribution in [-0.2, 0) is 0 Å². The van der Waals surface area contributed by atoms with Crippen molar-refractivity contribution in [1.29, 1.82) is 0 Å². The molecule has 2 aromatic rings. The van der Waals surface area contributed by atoms with Crippen molar-refractivity contribution in [2.24, 2.45) is 5.84 Å². The number of benzene rings is 1. The molecule has 1 fully saturated rings. The molecule has 3 rings (SSSR count). The Labute approximate surface area is 129 Å². The molecule has 22 heavy (non-hydrogen) atoms. The van der Waals surface area contributed by atoms with Crippen molar-refractivity contribution in [2.75, 3.05) is 23.2 Å². The minimum Gasteiger partial charge on any atom is -0.497 e. The number of hydrazine groups is 1. The molecule has 0 radical (unpaired) electrons. The number of nitrogens with two attached hydrogens (primary N) is 2. The van der Waals surface area contributed by atoms with Crippen LogP contribution in [0.25, 0.3) is 0 Å². The van der Waals surface area contributed by atoms with Gasteiger partial charge in [0, 0.05) is 6.04 Å². The Bertz CT molecular complexity index is 641. The molecule has 7 heteroatoms. The van der Waals surface area contributed by atoms with Crippen molar-refractivity contribution in [1.82, 2.24) is 9.97 Å². The van der Waals surface area contributed by atoms with Crippen LogP contribution >= 0.6 is 0 Å². The third-order valence-corrected chi connectivity index (χ3v) is 3.81. The molecule has 1 aliphatic rings. The Morgan fingerprint density at radius 3 is 2.59 bits per heavy atom. The van der Waals surface area contributed by atoms with Crippen molar-refractivity contribution in [3.05, 3.63) is 30.5 Å². The van der Waals surface area contributed by atoms with Crippen molar-refractivity contribution in [3.8, 4) is 5.75 Å². The number of anilines is 4. The van der Waals surface area contributed by atoms with Gasteiger partial charge in [0.25, 0.3) is 0 Å². The first kappa shape index (κ1) is 14.4. The zero-order valence-corrected chi connectivity index (χ0v) is 12.5. The van der Waals surface area contributed by atoms with Crippen molar-refractivity contribution in [2.45, 2.75) is 25.3 Å². The normalized spacial score (nSPS) is 14.3. The van der Waals surface area contributed by atoms with Gasteiger partial charge in [-0.2, -0.15) is 4.98 Å². The smallest absolute Gasteiger partial charge is 0.225 e. The van der Waals surface area contributed by atoms with Gasteiger partial charge in [-0.1, -0.05) is 0 Å². The maximum Gasteiger partial charge on any atom is 0.225 e. The predicted octanol–water partition coefficient (Wildman–Crippen LogP) is 2.04. The highest BCUT2D eigenvalue weighted by molar-refractivity contribution is 5.70. The summed E-state index contributed by atoms with van der Waals surface area (Å²) in [6.07, 6.45) is 5.11. The molecular formula is C15H20N6O. The number of hydrogen-bond donors (Lipinski definition) is 3. The fourth-order valence-corrected chi connectivity index (χ4v) is 2.24. The molecule has 0 spiro atoms. The maximum atomic E-state index is 6.15. The van der Waals surface area contributed by atoms with Gasteiger partial charge in [0.2, 0.25) is 5.95 Å². The number of ether oxygens (including phenoxy) is 1. The Kier molecular flexibility index (Phi) is 3.97. The third kappa shape index (κ3) is 2.89. The molecule has 0 atom stereocenters. The lowest BCUT2D eigenvalue weighted by molar-refractivity contribution is 0.415. The van der Waals surface area contributed by atoms with Crippen LogP contribution in [0.3, 0.4) is 0 Å². The molecule has 1 heterocycles. The van der Waals surface area contributed by atoms with Gasteiger partial charge in [-0.05, 0) is 43.5 Å². The number of rotatable bonds is 5. The molecule has 1 aromatic carbocycles. The van der Waals surface area contributed by atoms with Crippen LogP contribution in [-0.4, -0.2) is 23.1 Å². The molecule has 116 valence electrons. The monoisotopic (exact) mass is 300 g/mol. The highest BCUT2D eigenvalue weighted by Crippen LogP contribution is 2.28. The Balaban J connectivity index is 1.82. The van der Waals surface area contributed by atoms with E-state index in [2.05, 4.69) is 15.3 Å². The van der Waals surface area contributed by atoms with Crippen LogP contribution in [0, 0.1) is 0 Å². The number of methoxy groups -OCH3 is 1. The minimum absolute atomic E-state index is 0.428. The summed E-state index contributed by atoms with van der Waals surface area (Å²) in [6, 6.07) is 7.81. The van der Waals surface area contributed by atoms with E-state index >= 15 is 0 Å². The van der Waals surface area contributed by atoms with E-state index in [1.54, 1.807) is 13.3 Å². The van der Waals surface area contributed by atoms with Crippen molar-refractivity contribution >= 4 is 23.1 Å². The van der Waals surface area contributed by atoms with Crippen LogP contribution in [0.1, 0.15) is 19.3 Å². The van der Waals surface area contributed by atoms with Crippen molar-refractivity contribution in [3.63, 3.8) is 0 Å². The molecule has 0 amide bonds. The van der Waals surface area contributed by atoms with E-state index in [-0.39, 0.29) is 0 Å². The Morgan fingerprint density at radius 2 is 2.00 bits per heavy atom. The predicted molar refractivity (Wildman–Crippen MR) is 87.0 cm³/mol. The molecular weight excluding hydrogens is 280 g/mol. The number of nitrogen functional groups attached to an aromatic ring is 1. The molecule has 1 aliphatic carbocycles. The largest absolute Gasteiger partial charge is 0.497 e. The second-order valence-corrected chi connectivity index (χ2v) is 5.31. The third-order valence-electron chi connectivity index (χ3n) is 3.81. The first-order valence-corrected chi connectivity index (χ1v) is 7.25. The second kappa shape index (κ2) is 6.07. The highest BCUT2D eigenvalue weighted by Gasteiger charge is 2.19. The van der Waals surface area contributed by atoms with E-state index < -0.39 is 0 Å². The topological polar surface area (TPSA) is 102 Å². The fraction of sp³-hybridized carbons (Fsp3) is 0.333. The minimum atomic E-state index is 0.428. The summed E-state index contributed by atoms with van der Waals surface area (Å²) in [7, 11) is 1.62. The maximum absolute atomic E-state index is 6.15. The van der Waals surface area contributed by atoms with Crippen LogP contribution in [0.4, 0.5) is 23.1 Å². The lowest BCUT2D eigenvalue weighted by Crippen LogP contribution is -2.30. The summed E-state index contributed by atoms with van der Waals surface area (Å²) in [5.41, 5.74) is 7.15. The number of nitrogens with zero attached hydrogens (tertiary/aromatic N) is 3. The van der Waals surface area contributed by atoms with Crippen LogP contribution in [0.15, 0.2) is 30.5 Å². The molecule has 0 saturated heterocycles. The summed E-state index contributed by atoms with van der Waals surface area (Å²) in [6.45, 7) is 0. The Morgan fingerprint density at radius 1 is 1.27 bits per heavy atom. The molecule has 7 nitrogen and oxygen atoms in total. The zero-order chi connectivity index (χ0) is 15.5. The lowest BCUT2D eigenvalue weighted by Gasteiger charge is -2.27. The summed E-state index contributed by atoms with van der Waals surface area (Å²) in [4.78, 5) is 8.65. The molecule has 0 aliphatic heterocycles. The van der Waals surface area contributed by atoms with Gasteiger partial charge in [-0.3, -0.25) is 5.01 Å². The lowest BCUT2D eigenvalue weighted by atomic mass is 9.93. The molecule has 5 N–H and O–H groups in total. The van der Waals surface area contributed by atoms with Gasteiger partial charge in [0.05, 0.1) is 24.7 Å². The number of nitrogens with one attached hydrogen (secondary N) is 1. The van der Waals surface area contributed by atoms with E-state index in [4.69, 9.17) is 16.3 Å². The van der Waals surface area contributed by atoms with Crippen LogP contribution in [0.5, 0.6) is 5.75 Å². The van der Waals surface area contributed by atoms with E-state index in [9.17, 15) is 0 Å². The van der Waals surface area contributed by atoms with Gasteiger partial charge < -0.3 is 15.8 Å². The van der Waals surface area contributed by atoms with E-state index in [1.807, 2.05) is 24.3 Å². The molecule has 1 saturated carbocycles. The standard InChI is InChI=1S/C15H20N6O/c1-22-12-7-5-11(6-8-12)21(17)14-13(16)9-18-15(20-14)19-10-3-2-4-10/h5-10H,2-4,16-17H2,1H3,(H,18,19,20). The van der Waals surface area contributed by atoms with Crippen LogP contribution < -0.4 is 26.6 Å². The Hall–Kier alpha value is -2.54. The van der Waals surface area contributed by atoms with Gasteiger partial charge in [-0.15, -0.1) is 0 Å².